The summed E-state index contributed by atoms with van der Waals surface area (Å²) in [7, 11) is 0. The first-order chi connectivity index (χ1) is 6.56. The summed E-state index contributed by atoms with van der Waals surface area (Å²) in [6.07, 6.45) is 11.1. The van der Waals surface area contributed by atoms with Gasteiger partial charge in [-0.3, -0.25) is 0 Å². The third-order valence-corrected chi connectivity index (χ3v) is 3.15. The first-order valence-electron chi connectivity index (χ1n) is 5.29. The molecule has 0 radical (unpaired) electrons. The van der Waals surface area contributed by atoms with Crippen LogP contribution >= 0.6 is 0 Å². The minimum atomic E-state index is -0.0798. The maximum Gasteiger partial charge on any atom is 0.108 e. The molecule has 78 valence electrons. The molecule has 0 N–H and O–H groups in total. The summed E-state index contributed by atoms with van der Waals surface area (Å²) in [6.45, 7) is 6.91. The molecule has 1 rings (SSSR count). The summed E-state index contributed by atoms with van der Waals surface area (Å²) in [5, 5.41) is 0. The highest BCUT2D eigenvalue weighted by Crippen LogP contribution is 2.33. The Morgan fingerprint density at radius 3 is 2.86 bits per heavy atom. The van der Waals surface area contributed by atoms with Crippen molar-refractivity contribution in [3.8, 4) is 12.3 Å². The van der Waals surface area contributed by atoms with Gasteiger partial charge in [-0.05, 0) is 46.0 Å². The second-order valence-corrected chi connectivity index (χ2v) is 4.62. The average Bonchev–Trinajstić information content (AvgIpc) is 2.16. The number of ether oxygens (including phenoxy) is 1. The van der Waals surface area contributed by atoms with Gasteiger partial charge in [0, 0.05) is 0 Å². The van der Waals surface area contributed by atoms with Gasteiger partial charge in [0.2, 0.25) is 0 Å². The Kier molecular flexibility index (Phi) is 3.77. The zero-order valence-electron chi connectivity index (χ0n) is 9.47. The zero-order chi connectivity index (χ0) is 10.6. The van der Waals surface area contributed by atoms with Crippen LogP contribution < -0.4 is 0 Å². The standard InChI is InChI=1S/C13H20O/c1-5-10-14-13(3,4)12-8-6-11(2)7-9-12/h1,6,12H,7-10H2,2-4H3. The lowest BCUT2D eigenvalue weighted by Crippen LogP contribution is -2.35. The van der Waals surface area contributed by atoms with Crippen molar-refractivity contribution in [1.29, 1.82) is 0 Å². The normalized spacial score (nSPS) is 22.7. The van der Waals surface area contributed by atoms with E-state index >= 15 is 0 Å². The van der Waals surface area contributed by atoms with Crippen molar-refractivity contribution in [3.05, 3.63) is 11.6 Å². The fraction of sp³-hybridized carbons (Fsp3) is 0.692. The second kappa shape index (κ2) is 4.66. The summed E-state index contributed by atoms with van der Waals surface area (Å²) in [6, 6.07) is 0. The van der Waals surface area contributed by atoms with E-state index in [2.05, 4.69) is 32.8 Å². The van der Waals surface area contributed by atoms with Crippen LogP contribution in [0.5, 0.6) is 0 Å². The highest BCUT2D eigenvalue weighted by molar-refractivity contribution is 5.05. The number of allylic oxidation sites excluding steroid dienone is 2. The Labute approximate surface area is 87.5 Å². The molecule has 1 aliphatic carbocycles. The van der Waals surface area contributed by atoms with E-state index in [1.165, 1.54) is 18.4 Å². The molecule has 0 aliphatic heterocycles. The Morgan fingerprint density at radius 1 is 1.64 bits per heavy atom. The van der Waals surface area contributed by atoms with Crippen molar-refractivity contribution in [2.24, 2.45) is 5.92 Å². The van der Waals surface area contributed by atoms with Gasteiger partial charge in [0.15, 0.2) is 0 Å². The van der Waals surface area contributed by atoms with Gasteiger partial charge in [0.1, 0.15) is 6.61 Å². The first kappa shape index (κ1) is 11.3. The molecule has 1 unspecified atom stereocenters. The molecular formula is C13H20O. The van der Waals surface area contributed by atoms with Crippen LogP contribution in [0.3, 0.4) is 0 Å². The molecule has 0 saturated carbocycles. The molecule has 1 aliphatic rings. The number of terminal acetylenes is 1. The van der Waals surface area contributed by atoms with Gasteiger partial charge in [-0.2, -0.15) is 0 Å². The lowest BCUT2D eigenvalue weighted by atomic mass is 9.79. The third-order valence-electron chi connectivity index (χ3n) is 3.15. The molecule has 0 bridgehead atoms. The van der Waals surface area contributed by atoms with Crippen LogP contribution in [0.1, 0.15) is 40.0 Å². The molecule has 0 aromatic carbocycles. The Balaban J connectivity index is 2.52. The van der Waals surface area contributed by atoms with E-state index in [1.807, 2.05) is 0 Å². The molecule has 1 nitrogen and oxygen atoms in total. The van der Waals surface area contributed by atoms with Crippen LogP contribution in [-0.4, -0.2) is 12.2 Å². The molecular weight excluding hydrogens is 172 g/mol. The zero-order valence-corrected chi connectivity index (χ0v) is 9.47. The summed E-state index contributed by atoms with van der Waals surface area (Å²) in [5.74, 6) is 3.14. The van der Waals surface area contributed by atoms with Crippen molar-refractivity contribution >= 4 is 0 Å². The summed E-state index contributed by atoms with van der Waals surface area (Å²) < 4.78 is 5.69. The summed E-state index contributed by atoms with van der Waals surface area (Å²) in [5.41, 5.74) is 1.43. The van der Waals surface area contributed by atoms with Crippen molar-refractivity contribution in [3.63, 3.8) is 0 Å². The lowest BCUT2D eigenvalue weighted by molar-refractivity contribution is -0.0475. The van der Waals surface area contributed by atoms with Crippen LogP contribution in [0, 0.1) is 18.3 Å². The molecule has 1 heteroatoms. The van der Waals surface area contributed by atoms with Crippen LogP contribution in [0.15, 0.2) is 11.6 Å². The van der Waals surface area contributed by atoms with E-state index in [-0.39, 0.29) is 5.60 Å². The molecule has 0 amide bonds. The topological polar surface area (TPSA) is 9.23 Å². The van der Waals surface area contributed by atoms with Crippen LogP contribution in [0.4, 0.5) is 0 Å². The summed E-state index contributed by atoms with van der Waals surface area (Å²) in [4.78, 5) is 0. The minimum Gasteiger partial charge on any atom is -0.363 e. The largest absolute Gasteiger partial charge is 0.363 e. The maximum atomic E-state index is 5.69. The Bertz CT molecular complexity index is 255. The van der Waals surface area contributed by atoms with Crippen molar-refractivity contribution < 1.29 is 4.74 Å². The molecule has 0 fully saturated rings. The van der Waals surface area contributed by atoms with E-state index in [0.29, 0.717) is 12.5 Å². The van der Waals surface area contributed by atoms with Crippen molar-refractivity contribution in [2.45, 2.75) is 45.6 Å². The molecule has 0 heterocycles. The fourth-order valence-corrected chi connectivity index (χ4v) is 1.94. The second-order valence-electron chi connectivity index (χ2n) is 4.62. The molecule has 0 aromatic rings. The monoisotopic (exact) mass is 192 g/mol. The minimum absolute atomic E-state index is 0.0798. The molecule has 14 heavy (non-hydrogen) atoms. The van der Waals surface area contributed by atoms with Crippen molar-refractivity contribution in [2.75, 3.05) is 6.61 Å². The Morgan fingerprint density at radius 2 is 2.36 bits per heavy atom. The predicted octanol–water partition coefficient (Wildman–Crippen LogP) is 3.16. The average molecular weight is 192 g/mol. The number of rotatable bonds is 3. The van der Waals surface area contributed by atoms with E-state index in [9.17, 15) is 0 Å². The summed E-state index contributed by atoms with van der Waals surface area (Å²) >= 11 is 0. The van der Waals surface area contributed by atoms with Gasteiger partial charge in [0.25, 0.3) is 0 Å². The van der Waals surface area contributed by atoms with Gasteiger partial charge in [0.05, 0.1) is 5.60 Å². The van der Waals surface area contributed by atoms with Gasteiger partial charge < -0.3 is 4.74 Å². The van der Waals surface area contributed by atoms with Crippen molar-refractivity contribution in [1.82, 2.24) is 0 Å². The van der Waals surface area contributed by atoms with E-state index in [4.69, 9.17) is 11.2 Å². The van der Waals surface area contributed by atoms with Gasteiger partial charge in [-0.15, -0.1) is 6.42 Å². The lowest BCUT2D eigenvalue weighted by Gasteiger charge is -2.35. The van der Waals surface area contributed by atoms with E-state index in [0.717, 1.165) is 6.42 Å². The fourth-order valence-electron chi connectivity index (χ4n) is 1.94. The van der Waals surface area contributed by atoms with Crippen LogP contribution in [0.25, 0.3) is 0 Å². The van der Waals surface area contributed by atoms with Crippen LogP contribution in [0.2, 0.25) is 0 Å². The smallest absolute Gasteiger partial charge is 0.108 e. The van der Waals surface area contributed by atoms with E-state index < -0.39 is 0 Å². The molecule has 0 saturated heterocycles. The van der Waals surface area contributed by atoms with Crippen LogP contribution in [-0.2, 0) is 4.74 Å². The van der Waals surface area contributed by atoms with Gasteiger partial charge in [-0.25, -0.2) is 0 Å². The highest BCUT2D eigenvalue weighted by atomic mass is 16.5. The van der Waals surface area contributed by atoms with Gasteiger partial charge >= 0.3 is 0 Å². The quantitative estimate of drug-likeness (QED) is 0.493. The molecule has 0 aromatic heterocycles. The molecule has 1 atom stereocenters. The highest BCUT2D eigenvalue weighted by Gasteiger charge is 2.30. The predicted molar refractivity (Wildman–Crippen MR) is 60.0 cm³/mol. The van der Waals surface area contributed by atoms with Gasteiger partial charge in [-0.1, -0.05) is 17.6 Å². The molecule has 0 spiro atoms. The SMILES string of the molecule is C#CCOC(C)(C)C1CC=C(C)CC1. The van der Waals surface area contributed by atoms with E-state index in [1.54, 1.807) is 0 Å². The maximum absolute atomic E-state index is 5.69. The number of hydrogen-bond donors (Lipinski definition) is 0. The third kappa shape index (κ3) is 2.89. The first-order valence-corrected chi connectivity index (χ1v) is 5.29. The number of hydrogen-bond acceptors (Lipinski definition) is 1. The Hall–Kier alpha value is -0.740.